The van der Waals surface area contributed by atoms with E-state index in [0.29, 0.717) is 21.3 Å². The normalized spacial score (nSPS) is 10.3. The van der Waals surface area contributed by atoms with Crippen LogP contribution in [-0.2, 0) is 0 Å². The summed E-state index contributed by atoms with van der Waals surface area (Å²) in [7, 11) is 0. The molecule has 0 aliphatic heterocycles. The molecule has 0 saturated heterocycles. The number of carbonyl (C=O) groups excluding carboxylic acids is 1. The van der Waals surface area contributed by atoms with Crippen molar-refractivity contribution in [3.8, 4) is 0 Å². The Kier molecular flexibility index (Phi) is 5.11. The van der Waals surface area contributed by atoms with Crippen molar-refractivity contribution in [2.24, 2.45) is 0 Å². The maximum atomic E-state index is 12.2. The lowest BCUT2D eigenvalue weighted by Crippen LogP contribution is -2.13. The van der Waals surface area contributed by atoms with E-state index in [1.165, 1.54) is 0 Å². The molecule has 0 heterocycles. The van der Waals surface area contributed by atoms with E-state index in [2.05, 4.69) is 43.8 Å². The Morgan fingerprint density at radius 1 is 1.16 bits per heavy atom. The molecule has 0 unspecified atom stereocenters. The predicted octanol–water partition coefficient (Wildman–Crippen LogP) is 5.61. The highest BCUT2D eigenvalue weighted by molar-refractivity contribution is 14.1. The topological polar surface area (TPSA) is 29.1 Å². The minimum atomic E-state index is -0.241. The minimum Gasteiger partial charge on any atom is -0.321 e. The summed E-state index contributed by atoms with van der Waals surface area (Å²) in [6, 6.07) is 10.5. The molecule has 0 spiro atoms. The Balaban J connectivity index is 2.30. The van der Waals surface area contributed by atoms with Crippen molar-refractivity contribution in [2.45, 2.75) is 0 Å². The van der Waals surface area contributed by atoms with Crippen molar-refractivity contribution < 1.29 is 4.79 Å². The minimum absolute atomic E-state index is 0.241. The van der Waals surface area contributed by atoms with Gasteiger partial charge in [0.2, 0.25) is 0 Å². The highest BCUT2D eigenvalue weighted by Gasteiger charge is 2.12. The fraction of sp³-hybridized carbons (Fsp3) is 0. The highest BCUT2D eigenvalue weighted by atomic mass is 127. The highest BCUT2D eigenvalue weighted by Crippen LogP contribution is 2.27. The van der Waals surface area contributed by atoms with Gasteiger partial charge in [0.25, 0.3) is 5.91 Å². The van der Waals surface area contributed by atoms with Gasteiger partial charge < -0.3 is 5.32 Å². The van der Waals surface area contributed by atoms with Gasteiger partial charge >= 0.3 is 0 Å². The second kappa shape index (κ2) is 6.43. The van der Waals surface area contributed by atoms with E-state index in [4.69, 9.17) is 23.2 Å². The second-order valence-electron chi connectivity index (χ2n) is 3.70. The first-order valence-corrected chi connectivity index (χ1v) is 7.81. The van der Waals surface area contributed by atoms with E-state index >= 15 is 0 Å². The molecule has 6 heteroatoms. The number of benzene rings is 2. The summed E-state index contributed by atoms with van der Waals surface area (Å²) in [4.78, 5) is 12.2. The second-order valence-corrected chi connectivity index (χ2v) is 6.65. The largest absolute Gasteiger partial charge is 0.321 e. The van der Waals surface area contributed by atoms with Crippen molar-refractivity contribution in [2.75, 3.05) is 5.32 Å². The van der Waals surface area contributed by atoms with Gasteiger partial charge in [-0.2, -0.15) is 0 Å². The van der Waals surface area contributed by atoms with Crippen LogP contribution in [0.1, 0.15) is 10.4 Å². The van der Waals surface area contributed by atoms with Gasteiger partial charge in [0.15, 0.2) is 0 Å². The van der Waals surface area contributed by atoms with Crippen LogP contribution in [-0.4, -0.2) is 5.91 Å². The summed E-state index contributed by atoms with van der Waals surface area (Å²) in [5, 5.41) is 3.71. The van der Waals surface area contributed by atoms with Gasteiger partial charge in [-0.1, -0.05) is 23.2 Å². The monoisotopic (exact) mass is 469 g/mol. The molecular formula is C13H7BrCl2INO. The number of hydrogen-bond acceptors (Lipinski definition) is 1. The lowest BCUT2D eigenvalue weighted by Gasteiger charge is -2.09. The molecule has 98 valence electrons. The molecule has 2 aromatic carbocycles. The van der Waals surface area contributed by atoms with E-state index < -0.39 is 0 Å². The number of anilines is 1. The first-order valence-electron chi connectivity index (χ1n) is 5.19. The molecule has 0 saturated carbocycles. The van der Waals surface area contributed by atoms with Gasteiger partial charge in [0.05, 0.1) is 16.3 Å². The van der Waals surface area contributed by atoms with Crippen molar-refractivity contribution >= 4 is 73.3 Å². The molecule has 2 nitrogen and oxygen atoms in total. The van der Waals surface area contributed by atoms with E-state index in [1.54, 1.807) is 24.3 Å². The van der Waals surface area contributed by atoms with Crippen molar-refractivity contribution in [1.29, 1.82) is 0 Å². The standard InChI is InChI=1S/C13H7BrCl2INO/c14-10-3-2-8(17)6-9(10)13(19)18-12-5-7(15)1-4-11(12)16/h1-6H,(H,18,19). The SMILES string of the molecule is O=C(Nc1cc(Cl)ccc1Cl)c1cc(I)ccc1Br. The summed E-state index contributed by atoms with van der Waals surface area (Å²) >= 11 is 17.4. The van der Waals surface area contributed by atoms with Crippen LogP contribution in [0, 0.1) is 3.57 Å². The number of carbonyl (C=O) groups is 1. The molecule has 0 atom stereocenters. The van der Waals surface area contributed by atoms with Crippen LogP contribution in [0.15, 0.2) is 40.9 Å². The van der Waals surface area contributed by atoms with Crippen LogP contribution in [0.2, 0.25) is 10.0 Å². The maximum Gasteiger partial charge on any atom is 0.256 e. The lowest BCUT2D eigenvalue weighted by atomic mass is 10.2. The molecule has 2 rings (SSSR count). The number of amides is 1. The molecule has 1 amide bonds. The Morgan fingerprint density at radius 2 is 1.89 bits per heavy atom. The Morgan fingerprint density at radius 3 is 2.63 bits per heavy atom. The Bertz CT molecular complexity index is 649. The van der Waals surface area contributed by atoms with Crippen molar-refractivity contribution in [3.05, 3.63) is 60.0 Å². The van der Waals surface area contributed by atoms with Crippen LogP contribution >= 0.6 is 61.7 Å². The summed E-state index contributed by atoms with van der Waals surface area (Å²) in [6.45, 7) is 0. The third-order valence-corrected chi connectivity index (χ3v) is 4.28. The molecule has 19 heavy (non-hydrogen) atoms. The average molecular weight is 471 g/mol. The van der Waals surface area contributed by atoms with Crippen LogP contribution < -0.4 is 5.32 Å². The summed E-state index contributed by atoms with van der Waals surface area (Å²) < 4.78 is 1.70. The number of halogens is 4. The molecule has 0 fully saturated rings. The molecule has 0 aromatic heterocycles. The quantitative estimate of drug-likeness (QED) is 0.568. The summed E-state index contributed by atoms with van der Waals surface area (Å²) in [6.07, 6.45) is 0. The fourth-order valence-electron chi connectivity index (χ4n) is 1.45. The van der Waals surface area contributed by atoms with Gasteiger partial charge in [0.1, 0.15) is 0 Å². The number of nitrogens with one attached hydrogen (secondary N) is 1. The zero-order chi connectivity index (χ0) is 14.0. The molecule has 1 N–H and O–H groups in total. The Labute approximate surface area is 142 Å². The molecule has 2 aromatic rings. The van der Waals surface area contributed by atoms with Crippen molar-refractivity contribution in [3.63, 3.8) is 0 Å². The number of hydrogen-bond donors (Lipinski definition) is 1. The maximum absolute atomic E-state index is 12.2. The lowest BCUT2D eigenvalue weighted by molar-refractivity contribution is 0.102. The van der Waals surface area contributed by atoms with E-state index in [1.807, 2.05) is 12.1 Å². The smallest absolute Gasteiger partial charge is 0.256 e. The molecule has 0 aliphatic carbocycles. The molecule has 0 bridgehead atoms. The van der Waals surface area contributed by atoms with E-state index in [0.717, 1.165) is 8.04 Å². The van der Waals surface area contributed by atoms with Gasteiger partial charge in [-0.3, -0.25) is 4.79 Å². The van der Waals surface area contributed by atoms with Crippen LogP contribution in [0.3, 0.4) is 0 Å². The predicted molar refractivity (Wildman–Crippen MR) is 91.3 cm³/mol. The van der Waals surface area contributed by atoms with Crippen LogP contribution in [0.4, 0.5) is 5.69 Å². The first kappa shape index (κ1) is 15.1. The van der Waals surface area contributed by atoms with Crippen LogP contribution in [0.5, 0.6) is 0 Å². The first-order chi connectivity index (χ1) is 8.97. The van der Waals surface area contributed by atoms with Gasteiger partial charge in [-0.25, -0.2) is 0 Å². The van der Waals surface area contributed by atoms with Gasteiger partial charge in [-0.15, -0.1) is 0 Å². The molecule has 0 radical (unpaired) electrons. The Hall–Kier alpha value is -0.300. The van der Waals surface area contributed by atoms with Gasteiger partial charge in [-0.05, 0) is 74.9 Å². The zero-order valence-electron chi connectivity index (χ0n) is 9.38. The third kappa shape index (κ3) is 3.84. The van der Waals surface area contributed by atoms with Gasteiger partial charge in [0, 0.05) is 13.1 Å². The summed E-state index contributed by atoms with van der Waals surface area (Å²) in [5.74, 6) is -0.241. The van der Waals surface area contributed by atoms with E-state index in [9.17, 15) is 4.79 Å². The summed E-state index contributed by atoms with van der Waals surface area (Å²) in [5.41, 5.74) is 1.04. The van der Waals surface area contributed by atoms with Crippen molar-refractivity contribution in [1.82, 2.24) is 0 Å². The average Bonchev–Trinajstić information content (AvgIpc) is 2.36. The van der Waals surface area contributed by atoms with E-state index in [-0.39, 0.29) is 5.91 Å². The third-order valence-electron chi connectivity index (χ3n) is 2.35. The molecular weight excluding hydrogens is 464 g/mol. The zero-order valence-corrected chi connectivity index (χ0v) is 14.6. The fourth-order valence-corrected chi connectivity index (χ4v) is 2.71. The number of rotatable bonds is 2. The molecule has 0 aliphatic rings. The van der Waals surface area contributed by atoms with Crippen LogP contribution in [0.25, 0.3) is 0 Å².